The first kappa shape index (κ1) is 17.9. The van der Waals surface area contributed by atoms with E-state index in [9.17, 15) is 5.11 Å². The van der Waals surface area contributed by atoms with E-state index in [0.29, 0.717) is 0 Å². The SMILES string of the molecule is CCCCCC(O)N(CCCCC)CCCCC. The number of hydrogen-bond donors (Lipinski definition) is 1. The molecule has 0 aromatic heterocycles. The zero-order chi connectivity index (χ0) is 13.6. The van der Waals surface area contributed by atoms with Gasteiger partial charge in [0, 0.05) is 13.1 Å². The summed E-state index contributed by atoms with van der Waals surface area (Å²) in [6.07, 6.45) is 11.9. The van der Waals surface area contributed by atoms with Crippen LogP contribution in [-0.2, 0) is 0 Å². The van der Waals surface area contributed by atoms with Gasteiger partial charge < -0.3 is 5.11 Å². The first-order valence-corrected chi connectivity index (χ1v) is 8.18. The van der Waals surface area contributed by atoms with Gasteiger partial charge in [-0.1, -0.05) is 59.3 Å². The van der Waals surface area contributed by atoms with E-state index >= 15 is 0 Å². The fourth-order valence-corrected chi connectivity index (χ4v) is 2.30. The molecule has 0 saturated carbocycles. The van der Waals surface area contributed by atoms with Crippen LogP contribution >= 0.6 is 0 Å². The molecule has 0 aromatic rings. The molecule has 0 aliphatic rings. The Labute approximate surface area is 115 Å². The third-order valence-electron chi connectivity index (χ3n) is 3.59. The highest BCUT2D eigenvalue weighted by Crippen LogP contribution is 2.11. The lowest BCUT2D eigenvalue weighted by molar-refractivity contribution is -0.00605. The van der Waals surface area contributed by atoms with Gasteiger partial charge in [-0.05, 0) is 25.7 Å². The Bertz CT molecular complexity index is 151. The summed E-state index contributed by atoms with van der Waals surface area (Å²) in [7, 11) is 0. The molecular weight excluding hydrogens is 222 g/mol. The largest absolute Gasteiger partial charge is 0.378 e. The Balaban J connectivity index is 3.90. The fraction of sp³-hybridized carbons (Fsp3) is 1.00. The van der Waals surface area contributed by atoms with Crippen LogP contribution in [0.25, 0.3) is 0 Å². The molecule has 0 bridgehead atoms. The van der Waals surface area contributed by atoms with Crippen molar-refractivity contribution in [2.75, 3.05) is 13.1 Å². The maximum atomic E-state index is 10.3. The highest BCUT2D eigenvalue weighted by atomic mass is 16.3. The highest BCUT2D eigenvalue weighted by Gasteiger charge is 2.14. The Morgan fingerprint density at radius 3 is 1.61 bits per heavy atom. The van der Waals surface area contributed by atoms with E-state index in [2.05, 4.69) is 25.7 Å². The smallest absolute Gasteiger partial charge is 0.107 e. The first-order chi connectivity index (χ1) is 8.76. The number of aliphatic hydroxyl groups is 1. The van der Waals surface area contributed by atoms with Gasteiger partial charge in [-0.2, -0.15) is 0 Å². The molecule has 0 aliphatic heterocycles. The van der Waals surface area contributed by atoms with Gasteiger partial charge in [0.25, 0.3) is 0 Å². The Kier molecular flexibility index (Phi) is 13.3. The van der Waals surface area contributed by atoms with Gasteiger partial charge in [-0.3, -0.25) is 4.90 Å². The quantitative estimate of drug-likeness (QED) is 0.386. The lowest BCUT2D eigenvalue weighted by Gasteiger charge is -2.28. The van der Waals surface area contributed by atoms with Gasteiger partial charge in [0.2, 0.25) is 0 Å². The van der Waals surface area contributed by atoms with Crippen LogP contribution in [-0.4, -0.2) is 29.3 Å². The second-order valence-electron chi connectivity index (χ2n) is 5.43. The van der Waals surface area contributed by atoms with Crippen LogP contribution in [0.1, 0.15) is 85.0 Å². The van der Waals surface area contributed by atoms with Crippen molar-refractivity contribution in [3.05, 3.63) is 0 Å². The maximum absolute atomic E-state index is 10.3. The average Bonchev–Trinajstić information content (AvgIpc) is 2.37. The molecule has 0 heterocycles. The zero-order valence-electron chi connectivity index (χ0n) is 13.0. The molecule has 0 fully saturated rings. The van der Waals surface area contributed by atoms with E-state index in [1.54, 1.807) is 0 Å². The minimum absolute atomic E-state index is 0.203. The summed E-state index contributed by atoms with van der Waals surface area (Å²) in [5.74, 6) is 0. The van der Waals surface area contributed by atoms with Crippen LogP contribution in [0.5, 0.6) is 0 Å². The molecular formula is C16H35NO. The molecule has 0 amide bonds. The number of rotatable bonds is 13. The third kappa shape index (κ3) is 9.90. The van der Waals surface area contributed by atoms with Gasteiger partial charge in [0.1, 0.15) is 6.23 Å². The van der Waals surface area contributed by atoms with Gasteiger partial charge in [-0.15, -0.1) is 0 Å². The summed E-state index contributed by atoms with van der Waals surface area (Å²) in [4.78, 5) is 2.31. The summed E-state index contributed by atoms with van der Waals surface area (Å²) in [5.41, 5.74) is 0. The number of unbranched alkanes of at least 4 members (excludes halogenated alkanes) is 6. The number of nitrogens with zero attached hydrogens (tertiary/aromatic N) is 1. The van der Waals surface area contributed by atoms with Gasteiger partial charge in [-0.25, -0.2) is 0 Å². The Hall–Kier alpha value is -0.0800. The van der Waals surface area contributed by atoms with E-state index in [1.165, 1.54) is 51.4 Å². The maximum Gasteiger partial charge on any atom is 0.107 e. The molecule has 110 valence electrons. The molecule has 0 aliphatic carbocycles. The van der Waals surface area contributed by atoms with Crippen LogP contribution in [0, 0.1) is 0 Å². The monoisotopic (exact) mass is 257 g/mol. The van der Waals surface area contributed by atoms with E-state index in [0.717, 1.165) is 25.9 Å². The normalized spacial score (nSPS) is 13.2. The Morgan fingerprint density at radius 2 is 1.17 bits per heavy atom. The minimum atomic E-state index is -0.203. The summed E-state index contributed by atoms with van der Waals surface area (Å²) in [6, 6.07) is 0. The van der Waals surface area contributed by atoms with Crippen LogP contribution < -0.4 is 0 Å². The summed E-state index contributed by atoms with van der Waals surface area (Å²) in [5, 5.41) is 10.3. The third-order valence-corrected chi connectivity index (χ3v) is 3.59. The second kappa shape index (κ2) is 13.4. The van der Waals surface area contributed by atoms with Crippen molar-refractivity contribution in [2.24, 2.45) is 0 Å². The van der Waals surface area contributed by atoms with Gasteiger partial charge in [0.05, 0.1) is 0 Å². The molecule has 0 spiro atoms. The molecule has 0 aromatic carbocycles. The van der Waals surface area contributed by atoms with Crippen molar-refractivity contribution in [3.63, 3.8) is 0 Å². The number of hydrogen-bond acceptors (Lipinski definition) is 2. The van der Waals surface area contributed by atoms with E-state index < -0.39 is 0 Å². The van der Waals surface area contributed by atoms with Crippen LogP contribution in [0.2, 0.25) is 0 Å². The molecule has 0 saturated heterocycles. The van der Waals surface area contributed by atoms with E-state index in [1.807, 2.05) is 0 Å². The Morgan fingerprint density at radius 1 is 0.722 bits per heavy atom. The van der Waals surface area contributed by atoms with Crippen LogP contribution in [0.4, 0.5) is 0 Å². The molecule has 2 heteroatoms. The van der Waals surface area contributed by atoms with Gasteiger partial charge >= 0.3 is 0 Å². The number of aliphatic hydroxyl groups excluding tert-OH is 1. The van der Waals surface area contributed by atoms with Crippen LogP contribution in [0.15, 0.2) is 0 Å². The molecule has 1 atom stereocenters. The minimum Gasteiger partial charge on any atom is -0.378 e. The standard InChI is InChI=1S/C16H35NO/c1-4-7-10-13-16(18)17(14-11-8-5-2)15-12-9-6-3/h16,18H,4-15H2,1-3H3. The van der Waals surface area contributed by atoms with E-state index in [-0.39, 0.29) is 6.23 Å². The van der Waals surface area contributed by atoms with Crippen molar-refractivity contribution >= 4 is 0 Å². The predicted molar refractivity (Wildman–Crippen MR) is 80.8 cm³/mol. The molecule has 1 unspecified atom stereocenters. The van der Waals surface area contributed by atoms with E-state index in [4.69, 9.17) is 0 Å². The predicted octanol–water partition coefficient (Wildman–Crippen LogP) is 4.57. The molecule has 1 N–H and O–H groups in total. The lowest BCUT2D eigenvalue weighted by atomic mass is 10.1. The topological polar surface area (TPSA) is 23.5 Å². The summed E-state index contributed by atoms with van der Waals surface area (Å²) in [6.45, 7) is 8.83. The average molecular weight is 257 g/mol. The van der Waals surface area contributed by atoms with Gasteiger partial charge in [0.15, 0.2) is 0 Å². The molecule has 0 radical (unpaired) electrons. The molecule has 0 rings (SSSR count). The first-order valence-electron chi connectivity index (χ1n) is 8.18. The summed E-state index contributed by atoms with van der Waals surface area (Å²) < 4.78 is 0. The van der Waals surface area contributed by atoms with Crippen molar-refractivity contribution in [1.82, 2.24) is 4.90 Å². The molecule has 2 nitrogen and oxygen atoms in total. The fourth-order valence-electron chi connectivity index (χ4n) is 2.30. The lowest BCUT2D eigenvalue weighted by Crippen LogP contribution is -2.36. The van der Waals surface area contributed by atoms with Crippen molar-refractivity contribution in [3.8, 4) is 0 Å². The summed E-state index contributed by atoms with van der Waals surface area (Å²) >= 11 is 0. The highest BCUT2D eigenvalue weighted by molar-refractivity contribution is 4.63. The second-order valence-corrected chi connectivity index (χ2v) is 5.43. The zero-order valence-corrected chi connectivity index (χ0v) is 13.0. The van der Waals surface area contributed by atoms with Crippen molar-refractivity contribution in [1.29, 1.82) is 0 Å². The van der Waals surface area contributed by atoms with Crippen LogP contribution in [0.3, 0.4) is 0 Å². The molecule has 18 heavy (non-hydrogen) atoms. The van der Waals surface area contributed by atoms with Crippen molar-refractivity contribution in [2.45, 2.75) is 91.2 Å². The van der Waals surface area contributed by atoms with Crippen molar-refractivity contribution < 1.29 is 5.11 Å².